The van der Waals surface area contributed by atoms with E-state index >= 15 is 0 Å². The molecule has 4 rings (SSSR count). The summed E-state index contributed by atoms with van der Waals surface area (Å²) in [6.45, 7) is 9.36. The molecular formula is C17H25N5O2. The molecule has 3 aliphatic rings. The van der Waals surface area contributed by atoms with Gasteiger partial charge in [-0.05, 0) is 32.0 Å². The fraction of sp³-hybridized carbons (Fsp3) is 0.529. The standard InChI is InChI=1S/C15H19N5O2.C2H6/c1-8-11(6-16-8)17-10-3-4-13-12(5-10)20-9(2)15(21)19-18-14(20)7-22-13;1-2/h3-5,8-9,11,16-17H,6-7H2,1-2H3,(H,19,21);1-2H3. The van der Waals surface area contributed by atoms with Gasteiger partial charge in [-0.1, -0.05) is 13.8 Å². The Morgan fingerprint density at radius 3 is 2.79 bits per heavy atom. The van der Waals surface area contributed by atoms with Crippen LogP contribution in [0.4, 0.5) is 11.4 Å². The first kappa shape index (κ1) is 16.6. The summed E-state index contributed by atoms with van der Waals surface area (Å²) in [7, 11) is 0. The third kappa shape index (κ3) is 2.80. The van der Waals surface area contributed by atoms with Gasteiger partial charge in [0.2, 0.25) is 0 Å². The largest absolute Gasteiger partial charge is 0.483 e. The lowest BCUT2D eigenvalue weighted by atomic mass is 10.0. The summed E-state index contributed by atoms with van der Waals surface area (Å²) < 4.78 is 5.73. The van der Waals surface area contributed by atoms with E-state index < -0.39 is 0 Å². The van der Waals surface area contributed by atoms with Crippen LogP contribution in [0.3, 0.4) is 0 Å². The second kappa shape index (κ2) is 6.68. The number of hydrazone groups is 1. The van der Waals surface area contributed by atoms with E-state index in [0.29, 0.717) is 18.7 Å². The Morgan fingerprint density at radius 1 is 1.33 bits per heavy atom. The number of hydrogen-bond acceptors (Lipinski definition) is 6. The zero-order valence-corrected chi connectivity index (χ0v) is 14.6. The Hall–Kier alpha value is -2.28. The fourth-order valence-electron chi connectivity index (χ4n) is 2.98. The van der Waals surface area contributed by atoms with Gasteiger partial charge in [-0.3, -0.25) is 4.79 Å². The first-order valence-corrected chi connectivity index (χ1v) is 8.56. The minimum absolute atomic E-state index is 0.105. The summed E-state index contributed by atoms with van der Waals surface area (Å²) in [5.41, 5.74) is 4.45. The van der Waals surface area contributed by atoms with Crippen molar-refractivity contribution >= 4 is 23.1 Å². The number of rotatable bonds is 2. The minimum Gasteiger partial charge on any atom is -0.483 e. The number of ether oxygens (including phenoxy) is 1. The highest BCUT2D eigenvalue weighted by molar-refractivity contribution is 6.09. The van der Waals surface area contributed by atoms with Crippen LogP contribution < -0.4 is 25.7 Å². The van der Waals surface area contributed by atoms with E-state index in [9.17, 15) is 4.79 Å². The van der Waals surface area contributed by atoms with Gasteiger partial charge in [0.15, 0.2) is 5.84 Å². The summed E-state index contributed by atoms with van der Waals surface area (Å²) >= 11 is 0. The average Bonchev–Trinajstić information content (AvgIpc) is 2.62. The Kier molecular flexibility index (Phi) is 4.62. The number of nitrogens with zero attached hydrogens (tertiary/aromatic N) is 2. The van der Waals surface area contributed by atoms with Crippen molar-refractivity contribution in [1.82, 2.24) is 10.7 Å². The van der Waals surface area contributed by atoms with Crippen molar-refractivity contribution in [2.45, 2.75) is 45.8 Å². The van der Waals surface area contributed by atoms with Crippen molar-refractivity contribution in [3.8, 4) is 5.75 Å². The second-order valence-electron chi connectivity index (χ2n) is 5.97. The molecule has 3 N–H and O–H groups in total. The van der Waals surface area contributed by atoms with Gasteiger partial charge < -0.3 is 20.3 Å². The smallest absolute Gasteiger partial charge is 0.262 e. The van der Waals surface area contributed by atoms with Gasteiger partial charge in [0.05, 0.1) is 11.7 Å². The number of anilines is 2. The summed E-state index contributed by atoms with van der Waals surface area (Å²) in [5, 5.41) is 10.9. The molecule has 1 fully saturated rings. The molecule has 7 nitrogen and oxygen atoms in total. The third-order valence-electron chi connectivity index (χ3n) is 4.53. The van der Waals surface area contributed by atoms with Crippen LogP contribution in [0.5, 0.6) is 5.75 Å². The fourth-order valence-corrected chi connectivity index (χ4v) is 2.98. The summed E-state index contributed by atoms with van der Waals surface area (Å²) in [6, 6.07) is 6.59. The predicted molar refractivity (Wildman–Crippen MR) is 95.7 cm³/mol. The highest BCUT2D eigenvalue weighted by atomic mass is 16.5. The Bertz CT molecular complexity index is 660. The first-order chi connectivity index (χ1) is 11.6. The topological polar surface area (TPSA) is 78.0 Å². The molecule has 0 aliphatic carbocycles. The molecule has 0 radical (unpaired) electrons. The number of fused-ring (bicyclic) bond motifs is 3. The number of benzene rings is 1. The van der Waals surface area contributed by atoms with Crippen molar-refractivity contribution in [3.63, 3.8) is 0 Å². The molecule has 3 unspecified atom stereocenters. The number of amidine groups is 1. The molecule has 130 valence electrons. The van der Waals surface area contributed by atoms with Crippen molar-refractivity contribution in [2.75, 3.05) is 23.4 Å². The molecule has 24 heavy (non-hydrogen) atoms. The molecular weight excluding hydrogens is 306 g/mol. The maximum absolute atomic E-state index is 11.9. The maximum Gasteiger partial charge on any atom is 0.262 e. The first-order valence-electron chi connectivity index (χ1n) is 8.56. The molecule has 1 aromatic rings. The maximum atomic E-state index is 11.9. The Labute approximate surface area is 142 Å². The highest BCUT2D eigenvalue weighted by Crippen LogP contribution is 2.37. The van der Waals surface area contributed by atoms with Crippen molar-refractivity contribution in [2.24, 2.45) is 5.10 Å². The lowest BCUT2D eigenvalue weighted by molar-refractivity contribution is -0.122. The molecule has 3 aliphatic heterocycles. The van der Waals surface area contributed by atoms with Crippen LogP contribution in [0.25, 0.3) is 0 Å². The summed E-state index contributed by atoms with van der Waals surface area (Å²) in [5.74, 6) is 1.41. The van der Waals surface area contributed by atoms with Gasteiger partial charge in [-0.2, -0.15) is 5.10 Å². The lowest BCUT2D eigenvalue weighted by Gasteiger charge is -2.39. The van der Waals surface area contributed by atoms with Crippen molar-refractivity contribution < 1.29 is 9.53 Å². The Morgan fingerprint density at radius 2 is 2.12 bits per heavy atom. The van der Waals surface area contributed by atoms with Gasteiger partial charge in [0.1, 0.15) is 18.4 Å². The number of amides is 1. The third-order valence-corrected chi connectivity index (χ3v) is 4.53. The molecule has 3 heterocycles. The molecule has 0 bridgehead atoms. The van der Waals surface area contributed by atoms with Gasteiger partial charge in [-0.25, -0.2) is 5.43 Å². The van der Waals surface area contributed by atoms with Crippen LogP contribution in [0.1, 0.15) is 27.7 Å². The zero-order valence-electron chi connectivity index (χ0n) is 14.6. The molecule has 0 saturated carbocycles. The molecule has 7 heteroatoms. The van der Waals surface area contributed by atoms with E-state index in [-0.39, 0.29) is 11.9 Å². The van der Waals surface area contributed by atoms with Crippen LogP contribution in [0, 0.1) is 0 Å². The van der Waals surface area contributed by atoms with E-state index in [4.69, 9.17) is 4.74 Å². The highest BCUT2D eigenvalue weighted by Gasteiger charge is 2.35. The quantitative estimate of drug-likeness (QED) is 0.766. The van der Waals surface area contributed by atoms with Crippen LogP contribution in [-0.4, -0.2) is 43.0 Å². The monoisotopic (exact) mass is 331 g/mol. The zero-order chi connectivity index (χ0) is 17.3. The van der Waals surface area contributed by atoms with E-state index in [1.807, 2.05) is 43.9 Å². The number of hydrogen-bond donors (Lipinski definition) is 3. The SMILES string of the molecule is CC.CC1NCC1Nc1ccc2c(c1)N1C(=NNC(=O)C1C)CO2. The van der Waals surface area contributed by atoms with Crippen LogP contribution >= 0.6 is 0 Å². The molecule has 1 aromatic carbocycles. The van der Waals surface area contributed by atoms with E-state index in [0.717, 1.165) is 29.5 Å². The minimum atomic E-state index is -0.297. The molecule has 0 spiro atoms. The average molecular weight is 331 g/mol. The molecule has 3 atom stereocenters. The Balaban J connectivity index is 0.000000815. The summed E-state index contributed by atoms with van der Waals surface area (Å²) in [6.07, 6.45) is 0. The van der Waals surface area contributed by atoms with Crippen LogP contribution in [0.2, 0.25) is 0 Å². The van der Waals surface area contributed by atoms with Crippen molar-refractivity contribution in [1.29, 1.82) is 0 Å². The second-order valence-corrected chi connectivity index (χ2v) is 5.97. The number of carbonyl (C=O) groups is 1. The van der Waals surface area contributed by atoms with Crippen LogP contribution in [-0.2, 0) is 4.79 Å². The molecule has 1 saturated heterocycles. The van der Waals surface area contributed by atoms with E-state index in [1.54, 1.807) is 0 Å². The number of carbonyl (C=O) groups excluding carboxylic acids is 1. The van der Waals surface area contributed by atoms with Gasteiger partial charge in [0, 0.05) is 18.3 Å². The van der Waals surface area contributed by atoms with Gasteiger partial charge >= 0.3 is 0 Å². The van der Waals surface area contributed by atoms with Gasteiger partial charge in [0.25, 0.3) is 5.91 Å². The van der Waals surface area contributed by atoms with Crippen LogP contribution in [0.15, 0.2) is 23.3 Å². The number of nitrogens with one attached hydrogen (secondary N) is 3. The van der Waals surface area contributed by atoms with Gasteiger partial charge in [-0.15, -0.1) is 0 Å². The predicted octanol–water partition coefficient (Wildman–Crippen LogP) is 1.52. The van der Waals surface area contributed by atoms with E-state index in [2.05, 4.69) is 28.1 Å². The molecule has 0 aromatic heterocycles. The van der Waals surface area contributed by atoms with Crippen molar-refractivity contribution in [3.05, 3.63) is 18.2 Å². The van der Waals surface area contributed by atoms with E-state index in [1.165, 1.54) is 0 Å². The lowest BCUT2D eigenvalue weighted by Crippen LogP contribution is -2.59. The molecule has 1 amide bonds. The normalized spacial score (nSPS) is 27.2. The summed E-state index contributed by atoms with van der Waals surface area (Å²) in [4.78, 5) is 13.8.